The lowest BCUT2D eigenvalue weighted by molar-refractivity contribution is 0.669. The molecule has 14 rings (SSSR count). The van der Waals surface area contributed by atoms with Gasteiger partial charge in [0.2, 0.25) is 0 Å². The fourth-order valence-electron chi connectivity index (χ4n) is 10.2. The standard InChI is InChI=1S/C63H38N4O2/c1-4-14-39(15-5-1)41-26-28-43(29-27-41)62-64-61(42-18-8-3-9-19-42)65-63(66-62)50-23-12-22-49-52-37-45(31-34-56(52)69-60(49)50)47-21-13-25-58-59(47)53-38-46(32-35-57(53)68-58)67-54-24-11-10-20-48(54)51-36-44(30-33-55(51)67)40-16-6-2-7-17-40/h1-38H. The lowest BCUT2D eigenvalue weighted by Gasteiger charge is -2.09. The van der Waals surface area contributed by atoms with E-state index in [1.54, 1.807) is 0 Å². The van der Waals surface area contributed by atoms with Gasteiger partial charge in [-0.2, -0.15) is 0 Å². The van der Waals surface area contributed by atoms with Crippen molar-refractivity contribution in [2.75, 3.05) is 0 Å². The Kier molecular flexibility index (Phi) is 8.79. The first kappa shape index (κ1) is 38.8. The molecule has 4 aromatic heterocycles. The first-order valence-electron chi connectivity index (χ1n) is 23.2. The van der Waals surface area contributed by atoms with Gasteiger partial charge < -0.3 is 13.4 Å². The molecule has 322 valence electrons. The number of nitrogens with zero attached hydrogens (tertiary/aromatic N) is 4. The van der Waals surface area contributed by atoms with Crippen LogP contribution in [0, 0.1) is 0 Å². The largest absolute Gasteiger partial charge is 0.456 e. The Labute approximate surface area is 396 Å². The van der Waals surface area contributed by atoms with Gasteiger partial charge in [0.1, 0.15) is 22.3 Å². The highest BCUT2D eigenvalue weighted by Gasteiger charge is 2.21. The van der Waals surface area contributed by atoms with E-state index in [2.05, 4.69) is 193 Å². The smallest absolute Gasteiger partial charge is 0.167 e. The minimum atomic E-state index is 0.543. The quantitative estimate of drug-likeness (QED) is 0.159. The summed E-state index contributed by atoms with van der Waals surface area (Å²) in [5, 5.41) is 6.54. The number of furan rings is 2. The fraction of sp³-hybridized carbons (Fsp3) is 0. The predicted molar refractivity (Wildman–Crippen MR) is 281 cm³/mol. The SMILES string of the molecule is c1ccc(-c2ccc(-c3nc(-c4ccccc4)nc(-c4cccc5c4oc4ccc(-c6cccc7oc8ccc(-n9c%10ccccc%10c%10cc(-c%11ccccc%11)ccc%109)cc8c67)cc45)n3)cc2)cc1. The maximum atomic E-state index is 6.77. The summed E-state index contributed by atoms with van der Waals surface area (Å²) in [7, 11) is 0. The first-order chi connectivity index (χ1) is 34.2. The molecule has 0 saturated heterocycles. The summed E-state index contributed by atoms with van der Waals surface area (Å²) in [6.45, 7) is 0. The van der Waals surface area contributed by atoms with Crippen LogP contribution in [-0.2, 0) is 0 Å². The maximum Gasteiger partial charge on any atom is 0.167 e. The summed E-state index contributed by atoms with van der Waals surface area (Å²) >= 11 is 0. The Morgan fingerprint density at radius 2 is 0.826 bits per heavy atom. The highest BCUT2D eigenvalue weighted by atomic mass is 16.3. The molecule has 0 amide bonds. The topological polar surface area (TPSA) is 69.9 Å². The molecule has 0 aliphatic rings. The van der Waals surface area contributed by atoms with E-state index in [0.717, 1.165) is 99.5 Å². The minimum Gasteiger partial charge on any atom is -0.456 e. The number of hydrogen-bond acceptors (Lipinski definition) is 5. The van der Waals surface area contributed by atoms with Gasteiger partial charge in [0.15, 0.2) is 17.5 Å². The Bertz CT molecular complexity index is 4290. The van der Waals surface area contributed by atoms with Crippen molar-refractivity contribution in [2.24, 2.45) is 0 Å². The van der Waals surface area contributed by atoms with Crippen LogP contribution in [0.15, 0.2) is 239 Å². The number of fused-ring (bicyclic) bond motifs is 9. The lowest BCUT2D eigenvalue weighted by atomic mass is 9.97. The molecule has 0 radical (unpaired) electrons. The third-order valence-electron chi connectivity index (χ3n) is 13.5. The Morgan fingerprint density at radius 1 is 0.290 bits per heavy atom. The third-order valence-corrected chi connectivity index (χ3v) is 13.5. The second-order valence-corrected chi connectivity index (χ2v) is 17.5. The van der Waals surface area contributed by atoms with Crippen molar-refractivity contribution in [1.29, 1.82) is 0 Å². The molecular weight excluding hydrogens is 845 g/mol. The average molecular weight is 883 g/mol. The molecule has 0 aliphatic carbocycles. The van der Waals surface area contributed by atoms with Gasteiger partial charge in [-0.05, 0) is 94.0 Å². The van der Waals surface area contributed by atoms with E-state index < -0.39 is 0 Å². The molecule has 10 aromatic carbocycles. The van der Waals surface area contributed by atoms with E-state index in [4.69, 9.17) is 23.8 Å². The van der Waals surface area contributed by atoms with Crippen molar-refractivity contribution < 1.29 is 8.83 Å². The number of benzene rings is 10. The van der Waals surface area contributed by atoms with Gasteiger partial charge in [0, 0.05) is 49.1 Å². The number of hydrogen-bond donors (Lipinski definition) is 0. The van der Waals surface area contributed by atoms with Crippen LogP contribution in [0.4, 0.5) is 0 Å². The molecular formula is C63H38N4O2. The molecule has 0 bridgehead atoms. The van der Waals surface area contributed by atoms with Crippen molar-refractivity contribution in [3.05, 3.63) is 231 Å². The van der Waals surface area contributed by atoms with Crippen molar-refractivity contribution >= 4 is 65.7 Å². The van der Waals surface area contributed by atoms with E-state index >= 15 is 0 Å². The molecule has 0 N–H and O–H groups in total. The maximum absolute atomic E-state index is 6.77. The minimum absolute atomic E-state index is 0.543. The average Bonchev–Trinajstić information content (AvgIpc) is 4.10. The zero-order chi connectivity index (χ0) is 45.4. The number of para-hydroxylation sites is 2. The van der Waals surface area contributed by atoms with Crippen molar-refractivity contribution in [3.63, 3.8) is 0 Å². The highest BCUT2D eigenvalue weighted by molar-refractivity contribution is 6.16. The van der Waals surface area contributed by atoms with E-state index in [1.807, 2.05) is 42.5 Å². The number of aromatic nitrogens is 4. The van der Waals surface area contributed by atoms with Gasteiger partial charge in [-0.15, -0.1) is 0 Å². The molecule has 6 heteroatoms. The van der Waals surface area contributed by atoms with Gasteiger partial charge in [-0.3, -0.25) is 0 Å². The van der Waals surface area contributed by atoms with Crippen LogP contribution in [0.3, 0.4) is 0 Å². The van der Waals surface area contributed by atoms with Crippen LogP contribution in [0.25, 0.3) is 139 Å². The van der Waals surface area contributed by atoms with Crippen LogP contribution in [0.1, 0.15) is 0 Å². The number of rotatable bonds is 7. The van der Waals surface area contributed by atoms with Crippen molar-refractivity contribution in [1.82, 2.24) is 19.5 Å². The van der Waals surface area contributed by atoms with Crippen LogP contribution in [0.2, 0.25) is 0 Å². The van der Waals surface area contributed by atoms with Gasteiger partial charge in [0.25, 0.3) is 0 Å². The molecule has 0 saturated carbocycles. The van der Waals surface area contributed by atoms with E-state index in [0.29, 0.717) is 17.5 Å². The van der Waals surface area contributed by atoms with E-state index in [-0.39, 0.29) is 0 Å². The normalized spacial score (nSPS) is 11.8. The molecule has 0 fully saturated rings. The molecule has 0 aliphatic heterocycles. The first-order valence-corrected chi connectivity index (χ1v) is 23.2. The fourth-order valence-corrected chi connectivity index (χ4v) is 10.2. The summed E-state index contributed by atoms with van der Waals surface area (Å²) < 4.78 is 15.7. The summed E-state index contributed by atoms with van der Waals surface area (Å²) in [4.78, 5) is 15.2. The van der Waals surface area contributed by atoms with Gasteiger partial charge >= 0.3 is 0 Å². The van der Waals surface area contributed by atoms with E-state index in [9.17, 15) is 0 Å². The zero-order valence-electron chi connectivity index (χ0n) is 37.0. The molecule has 69 heavy (non-hydrogen) atoms. The third kappa shape index (κ3) is 6.45. The summed E-state index contributed by atoms with van der Waals surface area (Å²) in [6, 6.07) is 80.4. The molecule has 14 aromatic rings. The summed E-state index contributed by atoms with van der Waals surface area (Å²) in [5.41, 5.74) is 16.0. The van der Waals surface area contributed by atoms with Gasteiger partial charge in [-0.1, -0.05) is 170 Å². The van der Waals surface area contributed by atoms with E-state index in [1.165, 1.54) is 21.9 Å². The van der Waals surface area contributed by atoms with Crippen LogP contribution in [0.5, 0.6) is 0 Å². The second kappa shape index (κ2) is 15.6. The predicted octanol–water partition coefficient (Wildman–Crippen LogP) is 16.8. The summed E-state index contributed by atoms with van der Waals surface area (Å²) in [6.07, 6.45) is 0. The molecule has 0 atom stereocenters. The molecule has 4 heterocycles. The van der Waals surface area contributed by atoms with Crippen molar-refractivity contribution in [2.45, 2.75) is 0 Å². The van der Waals surface area contributed by atoms with Crippen LogP contribution in [-0.4, -0.2) is 19.5 Å². The summed E-state index contributed by atoms with van der Waals surface area (Å²) in [5.74, 6) is 1.73. The lowest BCUT2D eigenvalue weighted by Crippen LogP contribution is -2.00. The van der Waals surface area contributed by atoms with Crippen molar-refractivity contribution in [3.8, 4) is 73.2 Å². The monoisotopic (exact) mass is 882 g/mol. The van der Waals surface area contributed by atoms with Crippen LogP contribution < -0.4 is 0 Å². The Morgan fingerprint density at radius 3 is 1.61 bits per heavy atom. The van der Waals surface area contributed by atoms with Gasteiger partial charge in [-0.25, -0.2) is 15.0 Å². The molecule has 0 spiro atoms. The molecule has 6 nitrogen and oxygen atoms in total. The second-order valence-electron chi connectivity index (χ2n) is 17.5. The highest BCUT2D eigenvalue weighted by Crippen LogP contribution is 2.43. The zero-order valence-corrected chi connectivity index (χ0v) is 37.0. The Balaban J connectivity index is 0.889. The van der Waals surface area contributed by atoms with Gasteiger partial charge in [0.05, 0.1) is 16.6 Å². The van der Waals surface area contributed by atoms with Crippen LogP contribution >= 0.6 is 0 Å². The Hall–Kier alpha value is -9.39. The molecule has 0 unspecified atom stereocenters.